The molecule has 0 heterocycles. The lowest BCUT2D eigenvalue weighted by Crippen LogP contribution is -2.42. The van der Waals surface area contributed by atoms with Crippen LogP contribution in [-0.4, -0.2) is 28.8 Å². The molecular formula is C15H19NO4. The van der Waals surface area contributed by atoms with Crippen LogP contribution in [0.4, 0.5) is 0 Å². The summed E-state index contributed by atoms with van der Waals surface area (Å²) in [6, 6.07) is 8.61. The molecule has 0 aliphatic heterocycles. The lowest BCUT2D eigenvalue weighted by Gasteiger charge is -2.18. The molecule has 0 aliphatic carbocycles. The van der Waals surface area contributed by atoms with Gasteiger partial charge in [-0.3, -0.25) is 14.4 Å². The SMILES string of the molecule is CC(=O)N[C@@H](Cc1ccccc1)C(=O)C[C@@H](C)C(=O)O. The fourth-order valence-corrected chi connectivity index (χ4v) is 1.87. The molecule has 0 fully saturated rings. The van der Waals surface area contributed by atoms with Crippen molar-refractivity contribution in [1.82, 2.24) is 5.32 Å². The number of carbonyl (C=O) groups excluding carboxylic acids is 2. The van der Waals surface area contributed by atoms with Crippen molar-refractivity contribution in [3.63, 3.8) is 0 Å². The van der Waals surface area contributed by atoms with E-state index in [0.717, 1.165) is 5.56 Å². The van der Waals surface area contributed by atoms with Crippen LogP contribution in [0.2, 0.25) is 0 Å². The Kier molecular flexibility index (Phi) is 5.90. The van der Waals surface area contributed by atoms with Crippen molar-refractivity contribution in [2.75, 3.05) is 0 Å². The Labute approximate surface area is 118 Å². The number of benzene rings is 1. The smallest absolute Gasteiger partial charge is 0.306 e. The molecule has 0 bridgehead atoms. The molecule has 1 amide bonds. The summed E-state index contributed by atoms with van der Waals surface area (Å²) in [6.07, 6.45) is 0.276. The number of rotatable bonds is 7. The topological polar surface area (TPSA) is 83.5 Å². The first-order chi connectivity index (χ1) is 9.40. The van der Waals surface area contributed by atoms with Crippen molar-refractivity contribution in [1.29, 1.82) is 0 Å². The van der Waals surface area contributed by atoms with Crippen molar-refractivity contribution in [2.45, 2.75) is 32.7 Å². The summed E-state index contributed by atoms with van der Waals surface area (Å²) in [6.45, 7) is 2.82. The number of Topliss-reactive ketones (excluding diaryl/α,β-unsaturated/α-hetero) is 1. The zero-order chi connectivity index (χ0) is 15.1. The fraction of sp³-hybridized carbons (Fsp3) is 0.400. The van der Waals surface area contributed by atoms with Gasteiger partial charge in [-0.15, -0.1) is 0 Å². The molecule has 0 radical (unpaired) electrons. The zero-order valence-corrected chi connectivity index (χ0v) is 11.6. The molecular weight excluding hydrogens is 258 g/mol. The van der Waals surface area contributed by atoms with Gasteiger partial charge in [-0.2, -0.15) is 0 Å². The molecule has 1 rings (SSSR count). The molecule has 5 heteroatoms. The first-order valence-electron chi connectivity index (χ1n) is 6.46. The first-order valence-corrected chi connectivity index (χ1v) is 6.46. The van der Waals surface area contributed by atoms with Crippen LogP contribution in [0.5, 0.6) is 0 Å². The molecule has 2 atom stereocenters. The number of hydrogen-bond donors (Lipinski definition) is 2. The summed E-state index contributed by atoms with van der Waals surface area (Å²) in [5, 5.41) is 11.4. The van der Waals surface area contributed by atoms with Gasteiger partial charge in [-0.05, 0) is 12.0 Å². The molecule has 0 saturated carbocycles. The van der Waals surface area contributed by atoms with Gasteiger partial charge in [0.1, 0.15) is 0 Å². The second-order valence-corrected chi connectivity index (χ2v) is 4.85. The van der Waals surface area contributed by atoms with Crippen molar-refractivity contribution in [2.24, 2.45) is 5.92 Å². The third-order valence-corrected chi connectivity index (χ3v) is 2.98. The van der Waals surface area contributed by atoms with Gasteiger partial charge in [0.15, 0.2) is 5.78 Å². The summed E-state index contributed by atoms with van der Waals surface area (Å²) in [4.78, 5) is 34.1. The Balaban J connectivity index is 2.75. The van der Waals surface area contributed by atoms with Crippen molar-refractivity contribution >= 4 is 17.7 Å². The van der Waals surface area contributed by atoms with Crippen LogP contribution in [-0.2, 0) is 20.8 Å². The van der Waals surface area contributed by atoms with Gasteiger partial charge in [0.25, 0.3) is 0 Å². The van der Waals surface area contributed by atoms with Gasteiger partial charge < -0.3 is 10.4 Å². The molecule has 0 aromatic heterocycles. The average Bonchev–Trinajstić information content (AvgIpc) is 2.38. The minimum Gasteiger partial charge on any atom is -0.481 e. The average molecular weight is 277 g/mol. The van der Waals surface area contributed by atoms with Gasteiger partial charge >= 0.3 is 5.97 Å². The van der Waals surface area contributed by atoms with E-state index in [0.29, 0.717) is 6.42 Å². The predicted molar refractivity (Wildman–Crippen MR) is 74.2 cm³/mol. The Hall–Kier alpha value is -2.17. The lowest BCUT2D eigenvalue weighted by molar-refractivity contribution is -0.143. The van der Waals surface area contributed by atoms with E-state index >= 15 is 0 Å². The van der Waals surface area contributed by atoms with Gasteiger partial charge in [0.05, 0.1) is 12.0 Å². The van der Waals surface area contributed by atoms with Gasteiger partial charge in [0.2, 0.25) is 5.91 Å². The molecule has 1 aromatic carbocycles. The standard InChI is InChI=1S/C15H19NO4/c1-10(15(19)20)8-14(18)13(16-11(2)17)9-12-6-4-3-5-7-12/h3-7,10,13H,8-9H2,1-2H3,(H,16,17)(H,19,20)/t10-,13+/m1/s1. The van der Waals surface area contributed by atoms with E-state index in [9.17, 15) is 14.4 Å². The molecule has 5 nitrogen and oxygen atoms in total. The lowest BCUT2D eigenvalue weighted by atomic mass is 9.95. The Morgan fingerprint density at radius 3 is 2.30 bits per heavy atom. The summed E-state index contributed by atoms with van der Waals surface area (Å²) in [5.74, 6) is -2.34. The molecule has 0 unspecified atom stereocenters. The van der Waals surface area contributed by atoms with Crippen LogP contribution in [0, 0.1) is 5.92 Å². The first kappa shape index (κ1) is 15.9. The van der Waals surface area contributed by atoms with Gasteiger partial charge in [0, 0.05) is 13.3 Å². The van der Waals surface area contributed by atoms with E-state index in [1.165, 1.54) is 13.8 Å². The number of aliphatic carboxylic acids is 1. The Bertz CT molecular complexity index is 484. The van der Waals surface area contributed by atoms with Gasteiger partial charge in [-0.25, -0.2) is 0 Å². The Morgan fingerprint density at radius 1 is 1.20 bits per heavy atom. The van der Waals surface area contributed by atoms with Crippen LogP contribution < -0.4 is 5.32 Å². The second-order valence-electron chi connectivity index (χ2n) is 4.85. The second kappa shape index (κ2) is 7.43. The summed E-state index contributed by atoms with van der Waals surface area (Å²) < 4.78 is 0. The normalized spacial score (nSPS) is 13.3. The summed E-state index contributed by atoms with van der Waals surface area (Å²) in [7, 11) is 0. The maximum absolute atomic E-state index is 12.1. The summed E-state index contributed by atoms with van der Waals surface area (Å²) in [5.41, 5.74) is 0.919. The van der Waals surface area contributed by atoms with Crippen LogP contribution in [0.25, 0.3) is 0 Å². The highest BCUT2D eigenvalue weighted by Crippen LogP contribution is 2.10. The summed E-state index contributed by atoms with van der Waals surface area (Å²) >= 11 is 0. The van der Waals surface area contributed by atoms with E-state index in [2.05, 4.69) is 5.32 Å². The van der Waals surface area contributed by atoms with E-state index in [1.807, 2.05) is 30.3 Å². The number of carboxylic acids is 1. The third kappa shape index (κ3) is 5.22. The quantitative estimate of drug-likeness (QED) is 0.789. The van der Waals surface area contributed by atoms with E-state index in [-0.39, 0.29) is 18.1 Å². The van der Waals surface area contributed by atoms with Crippen molar-refractivity contribution in [3.05, 3.63) is 35.9 Å². The number of amides is 1. The van der Waals surface area contributed by atoms with Crippen LogP contribution >= 0.6 is 0 Å². The molecule has 108 valence electrons. The highest BCUT2D eigenvalue weighted by atomic mass is 16.4. The molecule has 0 aliphatic rings. The maximum atomic E-state index is 12.1. The third-order valence-electron chi connectivity index (χ3n) is 2.98. The van der Waals surface area contributed by atoms with Crippen molar-refractivity contribution in [3.8, 4) is 0 Å². The molecule has 0 saturated heterocycles. The minimum atomic E-state index is -1.01. The number of ketones is 1. The number of nitrogens with one attached hydrogen (secondary N) is 1. The maximum Gasteiger partial charge on any atom is 0.306 e. The molecule has 2 N–H and O–H groups in total. The number of carbonyl (C=O) groups is 3. The van der Waals surface area contributed by atoms with E-state index in [1.54, 1.807) is 0 Å². The zero-order valence-electron chi connectivity index (χ0n) is 11.6. The Morgan fingerprint density at radius 2 is 1.80 bits per heavy atom. The highest BCUT2D eigenvalue weighted by molar-refractivity contribution is 5.91. The van der Waals surface area contributed by atoms with Crippen LogP contribution in [0.1, 0.15) is 25.8 Å². The number of carboxylic acid groups (broad SMARTS) is 1. The molecule has 20 heavy (non-hydrogen) atoms. The predicted octanol–water partition coefficient (Wildman–Crippen LogP) is 1.41. The number of hydrogen-bond acceptors (Lipinski definition) is 3. The molecule has 1 aromatic rings. The van der Waals surface area contributed by atoms with Crippen LogP contribution in [0.3, 0.4) is 0 Å². The van der Waals surface area contributed by atoms with E-state index in [4.69, 9.17) is 5.11 Å². The minimum absolute atomic E-state index is 0.0902. The van der Waals surface area contributed by atoms with Crippen LogP contribution in [0.15, 0.2) is 30.3 Å². The largest absolute Gasteiger partial charge is 0.481 e. The van der Waals surface area contributed by atoms with Gasteiger partial charge in [-0.1, -0.05) is 37.3 Å². The van der Waals surface area contributed by atoms with Crippen molar-refractivity contribution < 1.29 is 19.5 Å². The van der Waals surface area contributed by atoms with E-state index < -0.39 is 17.9 Å². The monoisotopic (exact) mass is 277 g/mol. The molecule has 0 spiro atoms. The highest BCUT2D eigenvalue weighted by Gasteiger charge is 2.24. The fourth-order valence-electron chi connectivity index (χ4n) is 1.87.